The molecule has 16 heavy (non-hydrogen) atoms. The number of anilines is 1. The lowest BCUT2D eigenvalue weighted by Crippen LogP contribution is -2.16. The first-order valence-corrected chi connectivity index (χ1v) is 4.87. The molecule has 0 spiro atoms. The van der Waals surface area contributed by atoms with E-state index in [0.29, 0.717) is 5.92 Å². The molecule has 1 aliphatic rings. The summed E-state index contributed by atoms with van der Waals surface area (Å²) in [6.45, 7) is 0. The molecule has 2 N–H and O–H groups in total. The van der Waals surface area contributed by atoms with E-state index < -0.39 is 17.8 Å². The monoisotopic (exact) mass is 233 g/mol. The fraction of sp³-hybridized carbons (Fsp3) is 0.556. The van der Waals surface area contributed by atoms with E-state index in [9.17, 15) is 18.0 Å². The molecule has 0 bridgehead atoms. The van der Waals surface area contributed by atoms with E-state index in [1.807, 2.05) is 5.10 Å². The van der Waals surface area contributed by atoms with Gasteiger partial charge in [-0.05, 0) is 18.8 Å². The van der Waals surface area contributed by atoms with Gasteiger partial charge in [0.25, 0.3) is 0 Å². The largest absolute Gasteiger partial charge is 0.434 e. The van der Waals surface area contributed by atoms with Crippen molar-refractivity contribution in [3.05, 3.63) is 11.9 Å². The number of hydrogen-bond acceptors (Lipinski definition) is 2. The highest BCUT2D eigenvalue weighted by atomic mass is 19.4. The second kappa shape index (κ2) is 3.80. The maximum atomic E-state index is 12.4. The standard InChI is InChI=1S/C9H10F3N3O/c10-9(11,12)8-6(4-13-15-8)14-7(16)3-5-1-2-5/h4-5H,1-3H2,(H,13,15)(H,14,16). The zero-order chi connectivity index (χ0) is 11.8. The quantitative estimate of drug-likeness (QED) is 0.840. The molecule has 2 rings (SSSR count). The van der Waals surface area contributed by atoms with Crippen LogP contribution in [0.15, 0.2) is 6.20 Å². The predicted octanol–water partition coefficient (Wildman–Crippen LogP) is 2.17. The van der Waals surface area contributed by atoms with Crippen molar-refractivity contribution in [2.45, 2.75) is 25.4 Å². The number of aromatic nitrogens is 2. The number of alkyl halides is 3. The summed E-state index contributed by atoms with van der Waals surface area (Å²) in [5.74, 6) is -0.0596. The van der Waals surface area contributed by atoms with Gasteiger partial charge in [-0.15, -0.1) is 0 Å². The van der Waals surface area contributed by atoms with Crippen LogP contribution in [0.25, 0.3) is 0 Å². The van der Waals surface area contributed by atoms with Crippen LogP contribution in [0.4, 0.5) is 18.9 Å². The molecule has 1 saturated carbocycles. The van der Waals surface area contributed by atoms with Crippen molar-refractivity contribution in [3.8, 4) is 0 Å². The Morgan fingerprint density at radius 1 is 1.56 bits per heavy atom. The normalized spacial score (nSPS) is 16.2. The lowest BCUT2D eigenvalue weighted by Gasteiger charge is -2.07. The number of nitrogens with zero attached hydrogens (tertiary/aromatic N) is 1. The average molecular weight is 233 g/mol. The van der Waals surface area contributed by atoms with Crippen LogP contribution in [-0.4, -0.2) is 16.1 Å². The molecule has 0 saturated heterocycles. The van der Waals surface area contributed by atoms with Crippen molar-refractivity contribution >= 4 is 11.6 Å². The number of amides is 1. The molecule has 0 atom stereocenters. The number of aromatic amines is 1. The van der Waals surface area contributed by atoms with Gasteiger partial charge < -0.3 is 5.32 Å². The Bertz CT molecular complexity index is 395. The molecular weight excluding hydrogens is 223 g/mol. The third kappa shape index (κ3) is 2.53. The number of rotatable bonds is 3. The van der Waals surface area contributed by atoms with Gasteiger partial charge in [-0.25, -0.2) is 0 Å². The number of nitrogens with one attached hydrogen (secondary N) is 2. The molecular formula is C9H10F3N3O. The molecule has 7 heteroatoms. The summed E-state index contributed by atoms with van der Waals surface area (Å²) in [6.07, 6.45) is -1.33. The smallest absolute Gasteiger partial charge is 0.323 e. The van der Waals surface area contributed by atoms with E-state index in [4.69, 9.17) is 0 Å². The van der Waals surface area contributed by atoms with Gasteiger partial charge in [0.2, 0.25) is 5.91 Å². The Morgan fingerprint density at radius 3 is 2.81 bits per heavy atom. The summed E-state index contributed by atoms with van der Waals surface area (Å²) in [7, 11) is 0. The van der Waals surface area contributed by atoms with Crippen molar-refractivity contribution in [1.29, 1.82) is 0 Å². The van der Waals surface area contributed by atoms with Crippen LogP contribution in [0, 0.1) is 5.92 Å². The third-order valence-corrected chi connectivity index (χ3v) is 2.37. The summed E-state index contributed by atoms with van der Waals surface area (Å²) >= 11 is 0. The van der Waals surface area contributed by atoms with Crippen LogP contribution in [0.3, 0.4) is 0 Å². The van der Waals surface area contributed by atoms with Crippen molar-refractivity contribution in [2.75, 3.05) is 5.32 Å². The second-order valence-corrected chi connectivity index (χ2v) is 3.85. The molecule has 1 aromatic rings. The minimum Gasteiger partial charge on any atom is -0.323 e. The fourth-order valence-electron chi connectivity index (χ4n) is 1.38. The van der Waals surface area contributed by atoms with Crippen LogP contribution in [0.5, 0.6) is 0 Å². The fourth-order valence-corrected chi connectivity index (χ4v) is 1.38. The maximum absolute atomic E-state index is 12.4. The Kier molecular flexibility index (Phi) is 2.61. The van der Waals surface area contributed by atoms with E-state index in [-0.39, 0.29) is 12.1 Å². The Balaban J connectivity index is 2.03. The van der Waals surface area contributed by atoms with E-state index >= 15 is 0 Å². The minimum absolute atomic E-state index is 0.280. The lowest BCUT2D eigenvalue weighted by molar-refractivity contribution is -0.140. The molecule has 1 aliphatic carbocycles. The number of H-pyrrole nitrogens is 1. The van der Waals surface area contributed by atoms with Gasteiger partial charge in [0.05, 0.1) is 11.9 Å². The Hall–Kier alpha value is -1.53. The molecule has 88 valence electrons. The van der Waals surface area contributed by atoms with Crippen molar-refractivity contribution in [3.63, 3.8) is 0 Å². The van der Waals surface area contributed by atoms with Gasteiger partial charge in [0, 0.05) is 6.42 Å². The van der Waals surface area contributed by atoms with Crippen LogP contribution in [0.1, 0.15) is 25.0 Å². The summed E-state index contributed by atoms with van der Waals surface area (Å²) < 4.78 is 37.2. The van der Waals surface area contributed by atoms with E-state index in [1.165, 1.54) is 0 Å². The molecule has 1 heterocycles. The van der Waals surface area contributed by atoms with E-state index in [1.54, 1.807) is 0 Å². The first-order valence-electron chi connectivity index (χ1n) is 4.87. The predicted molar refractivity (Wildman–Crippen MR) is 49.6 cm³/mol. The van der Waals surface area contributed by atoms with Crippen molar-refractivity contribution in [2.24, 2.45) is 5.92 Å². The highest BCUT2D eigenvalue weighted by Gasteiger charge is 2.36. The SMILES string of the molecule is O=C(CC1CC1)Nc1cn[nH]c1C(F)(F)F. The van der Waals surface area contributed by atoms with Gasteiger partial charge >= 0.3 is 6.18 Å². The third-order valence-electron chi connectivity index (χ3n) is 2.37. The summed E-state index contributed by atoms with van der Waals surface area (Å²) in [5.41, 5.74) is -1.32. The number of halogens is 3. The van der Waals surface area contributed by atoms with Gasteiger partial charge in [-0.2, -0.15) is 18.3 Å². The van der Waals surface area contributed by atoms with Gasteiger partial charge in [-0.1, -0.05) is 0 Å². The summed E-state index contributed by atoms with van der Waals surface area (Å²) in [4.78, 5) is 11.3. The van der Waals surface area contributed by atoms with Gasteiger partial charge in [0.15, 0.2) is 5.69 Å². The van der Waals surface area contributed by atoms with Crippen LogP contribution in [-0.2, 0) is 11.0 Å². The van der Waals surface area contributed by atoms with Crippen molar-refractivity contribution in [1.82, 2.24) is 10.2 Å². The second-order valence-electron chi connectivity index (χ2n) is 3.85. The molecule has 1 amide bonds. The summed E-state index contributed by atoms with van der Waals surface area (Å²) in [5, 5.41) is 7.32. The van der Waals surface area contributed by atoms with Crippen LogP contribution >= 0.6 is 0 Å². The molecule has 0 aromatic carbocycles. The molecule has 1 aromatic heterocycles. The van der Waals surface area contributed by atoms with Crippen LogP contribution < -0.4 is 5.32 Å². The van der Waals surface area contributed by atoms with Gasteiger partial charge in [0.1, 0.15) is 0 Å². The lowest BCUT2D eigenvalue weighted by atomic mass is 10.2. The molecule has 1 fully saturated rings. The zero-order valence-corrected chi connectivity index (χ0v) is 8.27. The Morgan fingerprint density at radius 2 is 2.25 bits per heavy atom. The molecule has 0 unspecified atom stereocenters. The first-order chi connectivity index (χ1) is 7.47. The van der Waals surface area contributed by atoms with Crippen molar-refractivity contribution < 1.29 is 18.0 Å². The number of hydrogen-bond donors (Lipinski definition) is 2. The number of carbonyl (C=O) groups is 1. The highest BCUT2D eigenvalue weighted by molar-refractivity contribution is 5.91. The number of carbonyl (C=O) groups excluding carboxylic acids is 1. The van der Waals surface area contributed by atoms with E-state index in [0.717, 1.165) is 19.0 Å². The summed E-state index contributed by atoms with van der Waals surface area (Å²) in [6, 6.07) is 0. The van der Waals surface area contributed by atoms with E-state index in [2.05, 4.69) is 10.4 Å². The van der Waals surface area contributed by atoms with Gasteiger partial charge in [-0.3, -0.25) is 9.89 Å². The molecule has 0 aliphatic heterocycles. The highest BCUT2D eigenvalue weighted by Crippen LogP contribution is 2.35. The Labute approximate surface area is 89.2 Å². The minimum atomic E-state index is -4.53. The first kappa shape index (κ1) is 11.0. The zero-order valence-electron chi connectivity index (χ0n) is 8.27. The van der Waals surface area contributed by atoms with Crippen LogP contribution in [0.2, 0.25) is 0 Å². The average Bonchev–Trinajstić information content (AvgIpc) is 2.80. The maximum Gasteiger partial charge on any atom is 0.434 e. The molecule has 0 radical (unpaired) electrons. The molecule has 4 nitrogen and oxygen atoms in total. The topological polar surface area (TPSA) is 57.8 Å².